The van der Waals surface area contributed by atoms with Crippen molar-refractivity contribution < 1.29 is 13.2 Å². The minimum absolute atomic E-state index is 0.428. The van der Waals surface area contributed by atoms with Gasteiger partial charge in [0.25, 0.3) is 0 Å². The summed E-state index contributed by atoms with van der Waals surface area (Å²) in [6.07, 6.45) is -3.22. The zero-order valence-corrected chi connectivity index (χ0v) is 12.4. The summed E-state index contributed by atoms with van der Waals surface area (Å²) in [6, 6.07) is 6.89. The SMILES string of the molecule is NNC(c1cccc(I)c1)c1cnc(C(F)(F)F)s1. The smallest absolute Gasteiger partial charge is 0.271 e. The first-order valence-corrected chi connectivity index (χ1v) is 7.06. The molecule has 0 spiro atoms. The van der Waals surface area contributed by atoms with Gasteiger partial charge in [0.05, 0.1) is 6.04 Å². The van der Waals surface area contributed by atoms with Crippen molar-refractivity contribution in [2.24, 2.45) is 5.84 Å². The predicted octanol–water partition coefficient (Wildman–Crippen LogP) is 3.32. The van der Waals surface area contributed by atoms with Gasteiger partial charge >= 0.3 is 6.18 Å². The molecule has 0 radical (unpaired) electrons. The Morgan fingerprint density at radius 2 is 2.11 bits per heavy atom. The summed E-state index contributed by atoms with van der Waals surface area (Å²) in [5.74, 6) is 5.45. The van der Waals surface area contributed by atoms with Crippen LogP contribution < -0.4 is 11.3 Å². The first-order chi connectivity index (χ1) is 8.91. The number of nitrogens with one attached hydrogen (secondary N) is 1. The van der Waals surface area contributed by atoms with Crippen LogP contribution in [0.25, 0.3) is 0 Å². The van der Waals surface area contributed by atoms with E-state index in [1.807, 2.05) is 18.2 Å². The molecule has 2 rings (SSSR count). The quantitative estimate of drug-likeness (QED) is 0.473. The molecule has 1 atom stereocenters. The Morgan fingerprint density at radius 3 is 2.63 bits per heavy atom. The molecule has 8 heteroatoms. The van der Waals surface area contributed by atoms with Crippen LogP contribution in [0.2, 0.25) is 0 Å². The highest BCUT2D eigenvalue weighted by atomic mass is 127. The lowest BCUT2D eigenvalue weighted by atomic mass is 10.1. The largest absolute Gasteiger partial charge is 0.443 e. The Kier molecular flexibility index (Phi) is 4.43. The van der Waals surface area contributed by atoms with Crippen LogP contribution in [-0.4, -0.2) is 4.98 Å². The van der Waals surface area contributed by atoms with Gasteiger partial charge in [-0.3, -0.25) is 5.84 Å². The van der Waals surface area contributed by atoms with E-state index in [0.29, 0.717) is 16.2 Å². The monoisotopic (exact) mass is 399 g/mol. The number of nitrogens with zero attached hydrogens (tertiary/aromatic N) is 1. The lowest BCUT2D eigenvalue weighted by molar-refractivity contribution is -0.137. The minimum Gasteiger partial charge on any atom is -0.271 e. The Morgan fingerprint density at radius 1 is 1.37 bits per heavy atom. The molecular formula is C11H9F3IN3S. The van der Waals surface area contributed by atoms with Crippen molar-refractivity contribution in [3.8, 4) is 0 Å². The lowest BCUT2D eigenvalue weighted by Gasteiger charge is -2.14. The van der Waals surface area contributed by atoms with Gasteiger partial charge in [0, 0.05) is 14.6 Å². The number of thiazole rings is 1. The Balaban J connectivity index is 2.35. The van der Waals surface area contributed by atoms with Gasteiger partial charge in [0.1, 0.15) is 0 Å². The molecule has 2 aromatic rings. The highest BCUT2D eigenvalue weighted by Crippen LogP contribution is 2.35. The molecule has 19 heavy (non-hydrogen) atoms. The van der Waals surface area contributed by atoms with E-state index in [-0.39, 0.29) is 0 Å². The van der Waals surface area contributed by atoms with E-state index in [1.54, 1.807) is 6.07 Å². The van der Waals surface area contributed by atoms with Crippen molar-refractivity contribution in [2.75, 3.05) is 0 Å². The molecule has 102 valence electrons. The normalized spacial score (nSPS) is 13.5. The summed E-state index contributed by atoms with van der Waals surface area (Å²) in [5, 5.41) is -0.867. The van der Waals surface area contributed by atoms with Gasteiger partial charge < -0.3 is 0 Å². The Hall–Kier alpha value is -0.710. The van der Waals surface area contributed by atoms with Gasteiger partial charge in [0.2, 0.25) is 0 Å². The third kappa shape index (κ3) is 3.44. The van der Waals surface area contributed by atoms with Crippen molar-refractivity contribution in [1.29, 1.82) is 0 Å². The molecule has 0 saturated carbocycles. The molecule has 3 nitrogen and oxygen atoms in total. The summed E-state index contributed by atoms with van der Waals surface area (Å²) in [5.41, 5.74) is 3.32. The highest BCUT2D eigenvalue weighted by molar-refractivity contribution is 14.1. The molecule has 0 amide bonds. The molecule has 0 saturated heterocycles. The van der Waals surface area contributed by atoms with Gasteiger partial charge in [-0.15, -0.1) is 11.3 Å². The fourth-order valence-corrected chi connectivity index (χ4v) is 3.02. The third-order valence-electron chi connectivity index (χ3n) is 2.40. The van der Waals surface area contributed by atoms with Crippen LogP contribution in [0.1, 0.15) is 21.5 Å². The minimum atomic E-state index is -4.42. The summed E-state index contributed by atoms with van der Waals surface area (Å²) in [7, 11) is 0. The maximum Gasteiger partial charge on any atom is 0.443 e. The number of rotatable bonds is 3. The average molecular weight is 399 g/mol. The van der Waals surface area contributed by atoms with Crippen molar-refractivity contribution in [3.63, 3.8) is 0 Å². The second-order valence-electron chi connectivity index (χ2n) is 3.72. The molecule has 0 bridgehead atoms. The van der Waals surface area contributed by atoms with Gasteiger partial charge in [-0.05, 0) is 40.3 Å². The summed E-state index contributed by atoms with van der Waals surface area (Å²) < 4.78 is 38.6. The fraction of sp³-hybridized carbons (Fsp3) is 0.182. The first-order valence-electron chi connectivity index (χ1n) is 5.16. The number of benzene rings is 1. The van der Waals surface area contributed by atoms with Crippen LogP contribution >= 0.6 is 33.9 Å². The molecule has 1 aromatic carbocycles. The van der Waals surface area contributed by atoms with Crippen molar-refractivity contribution in [1.82, 2.24) is 10.4 Å². The zero-order valence-electron chi connectivity index (χ0n) is 9.41. The second-order valence-corrected chi connectivity index (χ2v) is 6.03. The number of aromatic nitrogens is 1. The molecule has 1 aromatic heterocycles. The van der Waals surface area contributed by atoms with Crippen LogP contribution in [0.15, 0.2) is 30.5 Å². The number of halogens is 4. The molecule has 3 N–H and O–H groups in total. The molecule has 0 fully saturated rings. The predicted molar refractivity (Wildman–Crippen MR) is 75.4 cm³/mol. The Bertz CT molecular complexity index is 570. The van der Waals surface area contributed by atoms with Gasteiger partial charge in [-0.2, -0.15) is 13.2 Å². The van der Waals surface area contributed by atoms with E-state index in [4.69, 9.17) is 5.84 Å². The number of nitrogens with two attached hydrogens (primary N) is 1. The van der Waals surface area contributed by atoms with Crippen LogP contribution in [0.3, 0.4) is 0 Å². The number of alkyl halides is 3. The van der Waals surface area contributed by atoms with Crippen molar-refractivity contribution in [2.45, 2.75) is 12.2 Å². The van der Waals surface area contributed by atoms with Gasteiger partial charge in [-0.25, -0.2) is 10.4 Å². The summed E-state index contributed by atoms with van der Waals surface area (Å²) in [6.45, 7) is 0. The van der Waals surface area contributed by atoms with E-state index in [1.165, 1.54) is 6.20 Å². The third-order valence-corrected chi connectivity index (χ3v) is 4.18. The topological polar surface area (TPSA) is 50.9 Å². The maximum absolute atomic E-state index is 12.5. The molecule has 0 aliphatic heterocycles. The van der Waals surface area contributed by atoms with Crippen LogP contribution in [0.5, 0.6) is 0 Å². The van der Waals surface area contributed by atoms with E-state index in [9.17, 15) is 13.2 Å². The lowest BCUT2D eigenvalue weighted by Crippen LogP contribution is -2.28. The van der Waals surface area contributed by atoms with Gasteiger partial charge in [-0.1, -0.05) is 12.1 Å². The first kappa shape index (κ1) is 14.7. The van der Waals surface area contributed by atoms with E-state index < -0.39 is 17.2 Å². The molecule has 1 unspecified atom stereocenters. The van der Waals surface area contributed by atoms with E-state index in [2.05, 4.69) is 33.0 Å². The van der Waals surface area contributed by atoms with Crippen LogP contribution in [0, 0.1) is 3.57 Å². The molecule has 0 aliphatic rings. The number of hydrogen-bond acceptors (Lipinski definition) is 4. The Labute approximate surface area is 125 Å². The molecular weight excluding hydrogens is 390 g/mol. The number of hydrogen-bond donors (Lipinski definition) is 2. The standard InChI is InChI=1S/C11H9F3IN3S/c12-11(13,14)10-17-5-8(19-10)9(18-16)6-2-1-3-7(15)4-6/h1-5,9,18H,16H2. The maximum atomic E-state index is 12.5. The van der Waals surface area contributed by atoms with Gasteiger partial charge in [0.15, 0.2) is 5.01 Å². The average Bonchev–Trinajstić information content (AvgIpc) is 2.79. The van der Waals surface area contributed by atoms with E-state index >= 15 is 0 Å². The fourth-order valence-electron chi connectivity index (χ4n) is 1.58. The number of hydrazine groups is 1. The summed E-state index contributed by atoms with van der Waals surface area (Å²) in [4.78, 5) is 3.83. The summed E-state index contributed by atoms with van der Waals surface area (Å²) >= 11 is 2.72. The molecule has 0 aliphatic carbocycles. The zero-order chi connectivity index (χ0) is 14.0. The van der Waals surface area contributed by atoms with Crippen molar-refractivity contribution in [3.05, 3.63) is 49.5 Å². The molecule has 1 heterocycles. The second kappa shape index (κ2) is 5.73. The van der Waals surface area contributed by atoms with E-state index in [0.717, 1.165) is 9.13 Å². The highest BCUT2D eigenvalue weighted by Gasteiger charge is 2.35. The van der Waals surface area contributed by atoms with Crippen LogP contribution in [0.4, 0.5) is 13.2 Å². The van der Waals surface area contributed by atoms with Crippen molar-refractivity contribution >= 4 is 33.9 Å². The van der Waals surface area contributed by atoms with Crippen LogP contribution in [-0.2, 0) is 6.18 Å².